The van der Waals surface area contributed by atoms with E-state index in [4.69, 9.17) is 0 Å². The summed E-state index contributed by atoms with van der Waals surface area (Å²) in [6.07, 6.45) is 0.0215. The molecule has 2 aliphatic rings. The highest BCUT2D eigenvalue weighted by Crippen LogP contribution is 2.28. The van der Waals surface area contributed by atoms with Crippen molar-refractivity contribution in [1.29, 1.82) is 0 Å². The number of hydrogen-bond donors (Lipinski definition) is 0. The second kappa shape index (κ2) is 8.33. The van der Waals surface area contributed by atoms with Crippen LogP contribution in [0.2, 0.25) is 0 Å². The van der Waals surface area contributed by atoms with Gasteiger partial charge in [-0.05, 0) is 47.2 Å². The summed E-state index contributed by atoms with van der Waals surface area (Å²) in [4.78, 5) is 28.7. The molecule has 3 aromatic rings. The lowest BCUT2D eigenvalue weighted by Crippen LogP contribution is -2.53. The number of carbonyl (C=O) groups is 2. The van der Waals surface area contributed by atoms with E-state index in [1.54, 1.807) is 18.2 Å². The van der Waals surface area contributed by atoms with Crippen molar-refractivity contribution in [3.05, 3.63) is 72.5 Å². The zero-order valence-electron chi connectivity index (χ0n) is 17.7. The Balaban J connectivity index is 1.29. The van der Waals surface area contributed by atoms with Crippen LogP contribution in [0.15, 0.2) is 71.6 Å². The van der Waals surface area contributed by atoms with Crippen LogP contribution in [0.4, 0.5) is 10.1 Å². The molecule has 33 heavy (non-hydrogen) atoms. The van der Waals surface area contributed by atoms with Crippen LogP contribution in [-0.2, 0) is 19.6 Å². The van der Waals surface area contributed by atoms with Gasteiger partial charge in [0, 0.05) is 26.2 Å². The maximum atomic E-state index is 13.2. The molecule has 5 rings (SSSR count). The molecule has 0 N–H and O–H groups in total. The minimum Gasteiger partial charge on any atom is -0.289 e. The van der Waals surface area contributed by atoms with Gasteiger partial charge in [0.25, 0.3) is 5.91 Å². The number of rotatable bonds is 4. The Kier molecular flexibility index (Phi) is 5.48. The monoisotopic (exact) mass is 467 g/mol. The minimum atomic E-state index is -3.67. The first-order chi connectivity index (χ1) is 15.8. The van der Waals surface area contributed by atoms with E-state index in [-0.39, 0.29) is 36.2 Å². The zero-order chi connectivity index (χ0) is 23.2. The Morgan fingerprint density at radius 3 is 2.18 bits per heavy atom. The maximum absolute atomic E-state index is 13.2. The predicted molar refractivity (Wildman–Crippen MR) is 122 cm³/mol. The van der Waals surface area contributed by atoms with Crippen LogP contribution in [0.5, 0.6) is 0 Å². The SMILES string of the molecule is O=C1C[C@H](N2CCN(S(=O)(=O)c3ccc4ccccc4c3)CC2)C(=O)N1c1ccc(F)cc1. The summed E-state index contributed by atoms with van der Waals surface area (Å²) in [5.41, 5.74) is 0.339. The highest BCUT2D eigenvalue weighted by Gasteiger charge is 2.44. The molecular weight excluding hydrogens is 445 g/mol. The van der Waals surface area contributed by atoms with Crippen molar-refractivity contribution in [2.75, 3.05) is 31.1 Å². The zero-order valence-corrected chi connectivity index (χ0v) is 18.5. The lowest BCUT2D eigenvalue weighted by molar-refractivity contribution is -0.123. The van der Waals surface area contributed by atoms with Gasteiger partial charge < -0.3 is 0 Å². The number of nitrogens with zero attached hydrogens (tertiary/aromatic N) is 3. The Bertz CT molecular complexity index is 1340. The van der Waals surface area contributed by atoms with Crippen LogP contribution in [-0.4, -0.2) is 61.7 Å². The summed E-state index contributed by atoms with van der Waals surface area (Å²) >= 11 is 0. The van der Waals surface area contributed by atoms with E-state index >= 15 is 0 Å². The molecule has 0 radical (unpaired) electrons. The Labute approximate surface area is 191 Å². The highest BCUT2D eigenvalue weighted by molar-refractivity contribution is 7.89. The standard InChI is InChI=1S/C24H22FN3O4S/c25-19-6-8-20(9-7-19)28-23(29)16-22(24(28)30)26-11-13-27(14-12-26)33(31,32)21-10-5-17-3-1-2-4-18(17)15-21/h1-10,15,22H,11-14,16H2/t22-/m0/s1. The second-order valence-electron chi connectivity index (χ2n) is 8.21. The van der Waals surface area contributed by atoms with Gasteiger partial charge in [-0.2, -0.15) is 4.31 Å². The molecule has 1 atom stereocenters. The van der Waals surface area contributed by atoms with Gasteiger partial charge in [-0.15, -0.1) is 0 Å². The van der Waals surface area contributed by atoms with Crippen molar-refractivity contribution < 1.29 is 22.4 Å². The van der Waals surface area contributed by atoms with Crippen molar-refractivity contribution in [1.82, 2.24) is 9.21 Å². The quantitative estimate of drug-likeness (QED) is 0.552. The molecule has 170 valence electrons. The van der Waals surface area contributed by atoms with Crippen molar-refractivity contribution in [3.63, 3.8) is 0 Å². The molecule has 2 fully saturated rings. The van der Waals surface area contributed by atoms with Crippen LogP contribution in [0.25, 0.3) is 10.8 Å². The fourth-order valence-electron chi connectivity index (χ4n) is 4.50. The Morgan fingerprint density at radius 2 is 1.48 bits per heavy atom. The van der Waals surface area contributed by atoms with Crippen molar-refractivity contribution in [2.45, 2.75) is 17.4 Å². The number of carbonyl (C=O) groups excluding carboxylic acids is 2. The predicted octanol–water partition coefficient (Wildman–Crippen LogP) is 2.62. The van der Waals surface area contributed by atoms with Gasteiger partial charge in [0.05, 0.1) is 23.0 Å². The average Bonchev–Trinajstić information content (AvgIpc) is 3.13. The number of piperazine rings is 1. The molecule has 2 amide bonds. The van der Waals surface area contributed by atoms with E-state index in [0.717, 1.165) is 15.7 Å². The summed E-state index contributed by atoms with van der Waals surface area (Å²) < 4.78 is 41.0. The Morgan fingerprint density at radius 1 is 0.818 bits per heavy atom. The number of sulfonamides is 1. The fraction of sp³-hybridized carbons (Fsp3) is 0.250. The van der Waals surface area contributed by atoms with Gasteiger partial charge in [0.15, 0.2) is 0 Å². The normalized spacial score (nSPS) is 20.6. The minimum absolute atomic E-state index is 0.0215. The molecule has 0 aromatic heterocycles. The first-order valence-electron chi connectivity index (χ1n) is 10.7. The molecule has 0 bridgehead atoms. The third kappa shape index (κ3) is 3.92. The van der Waals surface area contributed by atoms with Crippen LogP contribution in [0.3, 0.4) is 0 Å². The van der Waals surface area contributed by atoms with Crippen molar-refractivity contribution >= 4 is 38.3 Å². The number of benzene rings is 3. The molecule has 0 aliphatic carbocycles. The van der Waals surface area contributed by atoms with E-state index in [1.807, 2.05) is 29.2 Å². The van der Waals surface area contributed by atoms with E-state index in [9.17, 15) is 22.4 Å². The number of fused-ring (bicyclic) bond motifs is 1. The van der Waals surface area contributed by atoms with Crippen LogP contribution in [0, 0.1) is 5.82 Å². The van der Waals surface area contributed by atoms with Crippen molar-refractivity contribution in [3.8, 4) is 0 Å². The fourth-order valence-corrected chi connectivity index (χ4v) is 5.95. The number of halogens is 1. The molecule has 2 heterocycles. The van der Waals surface area contributed by atoms with Crippen molar-refractivity contribution in [2.24, 2.45) is 0 Å². The first-order valence-corrected chi connectivity index (χ1v) is 12.1. The van der Waals surface area contributed by atoms with Crippen LogP contribution >= 0.6 is 0 Å². The lowest BCUT2D eigenvalue weighted by Gasteiger charge is -2.36. The number of amides is 2. The Hall–Kier alpha value is -3.14. The van der Waals surface area contributed by atoms with E-state index in [0.29, 0.717) is 18.8 Å². The summed E-state index contributed by atoms with van der Waals surface area (Å²) in [6.45, 7) is 1.13. The third-order valence-electron chi connectivity index (χ3n) is 6.28. The van der Waals surface area contributed by atoms with Gasteiger partial charge in [-0.25, -0.2) is 17.7 Å². The first kappa shape index (κ1) is 21.7. The van der Waals surface area contributed by atoms with Crippen LogP contribution in [0.1, 0.15) is 6.42 Å². The van der Waals surface area contributed by atoms with Gasteiger partial charge in [-0.3, -0.25) is 14.5 Å². The van der Waals surface area contributed by atoms with Crippen LogP contribution < -0.4 is 4.90 Å². The largest absolute Gasteiger partial charge is 0.289 e. The maximum Gasteiger partial charge on any atom is 0.251 e. The summed E-state index contributed by atoms with van der Waals surface area (Å²) in [6, 6.07) is 17.2. The highest BCUT2D eigenvalue weighted by atomic mass is 32.2. The molecule has 7 nitrogen and oxygen atoms in total. The molecule has 9 heteroatoms. The lowest BCUT2D eigenvalue weighted by atomic mass is 10.1. The van der Waals surface area contributed by atoms with E-state index in [1.165, 1.54) is 28.6 Å². The van der Waals surface area contributed by atoms with E-state index in [2.05, 4.69) is 0 Å². The molecule has 2 aliphatic heterocycles. The topological polar surface area (TPSA) is 78.0 Å². The van der Waals surface area contributed by atoms with Gasteiger partial charge in [-0.1, -0.05) is 30.3 Å². The smallest absolute Gasteiger partial charge is 0.251 e. The second-order valence-corrected chi connectivity index (χ2v) is 10.2. The van der Waals surface area contributed by atoms with Gasteiger partial charge >= 0.3 is 0 Å². The number of hydrogen-bond acceptors (Lipinski definition) is 5. The summed E-state index contributed by atoms with van der Waals surface area (Å²) in [7, 11) is -3.67. The van der Waals surface area contributed by atoms with Gasteiger partial charge in [0.2, 0.25) is 15.9 Å². The average molecular weight is 468 g/mol. The number of anilines is 1. The molecule has 2 saturated heterocycles. The van der Waals surface area contributed by atoms with Gasteiger partial charge in [0.1, 0.15) is 5.82 Å². The molecule has 0 spiro atoms. The number of imide groups is 1. The molecular formula is C24H22FN3O4S. The van der Waals surface area contributed by atoms with E-state index < -0.39 is 21.9 Å². The molecule has 0 unspecified atom stereocenters. The summed E-state index contributed by atoms with van der Waals surface area (Å²) in [5.74, 6) is -1.15. The molecule has 3 aromatic carbocycles. The summed E-state index contributed by atoms with van der Waals surface area (Å²) in [5, 5.41) is 1.82. The molecule has 0 saturated carbocycles. The third-order valence-corrected chi connectivity index (χ3v) is 8.17.